The van der Waals surface area contributed by atoms with Crippen molar-refractivity contribution in [3.8, 4) is 5.75 Å². The van der Waals surface area contributed by atoms with E-state index in [-0.39, 0.29) is 11.1 Å². The number of nitrogens with zero attached hydrogens (tertiary/aromatic N) is 1. The van der Waals surface area contributed by atoms with Crippen LogP contribution in [0.1, 0.15) is 33.9 Å². The van der Waals surface area contributed by atoms with Gasteiger partial charge in [0, 0.05) is 23.5 Å². The van der Waals surface area contributed by atoms with E-state index in [2.05, 4.69) is 4.98 Å². The number of carbonyl (C=O) groups excluding carboxylic acids is 1. The van der Waals surface area contributed by atoms with Crippen LogP contribution in [-0.4, -0.2) is 30.2 Å². The third-order valence-corrected chi connectivity index (χ3v) is 3.68. The van der Waals surface area contributed by atoms with Gasteiger partial charge in [-0.3, -0.25) is 9.78 Å². The lowest BCUT2D eigenvalue weighted by atomic mass is 10.1. The first-order valence-electron chi connectivity index (χ1n) is 8.04. The lowest BCUT2D eigenvalue weighted by molar-refractivity contribution is -0.155. The molecule has 0 aliphatic carbocycles. The zero-order chi connectivity index (χ0) is 19.2. The highest BCUT2D eigenvalue weighted by Gasteiger charge is 2.42. The Morgan fingerprint density at radius 2 is 2.12 bits per heavy atom. The zero-order valence-electron chi connectivity index (χ0n) is 14.2. The Kier molecular flexibility index (Phi) is 6.57. The Balaban J connectivity index is 2.20. The summed E-state index contributed by atoms with van der Waals surface area (Å²) in [6.07, 6.45) is -1.57. The van der Waals surface area contributed by atoms with Crippen LogP contribution in [-0.2, 0) is 0 Å². The van der Waals surface area contributed by atoms with Crippen molar-refractivity contribution in [2.45, 2.75) is 25.6 Å². The fraction of sp³-hybridized carbons (Fsp3) is 0.333. The van der Waals surface area contributed by atoms with E-state index in [9.17, 15) is 18.0 Å². The molecule has 0 unspecified atom stereocenters. The van der Waals surface area contributed by atoms with Crippen LogP contribution in [0.3, 0.4) is 0 Å². The third kappa shape index (κ3) is 5.19. The van der Waals surface area contributed by atoms with Crippen LogP contribution in [0.25, 0.3) is 0 Å². The van der Waals surface area contributed by atoms with Gasteiger partial charge in [0.05, 0.1) is 6.61 Å². The summed E-state index contributed by atoms with van der Waals surface area (Å²) >= 11 is 0. The average molecular weight is 367 g/mol. The van der Waals surface area contributed by atoms with Crippen molar-refractivity contribution in [1.29, 1.82) is 0 Å². The molecule has 1 amide bonds. The minimum Gasteiger partial charge on any atom is -0.493 e. The van der Waals surface area contributed by atoms with E-state index >= 15 is 0 Å². The Labute approximate surface area is 149 Å². The molecule has 0 spiro atoms. The van der Waals surface area contributed by atoms with Crippen LogP contribution >= 0.6 is 0 Å². The number of alkyl halides is 3. The summed E-state index contributed by atoms with van der Waals surface area (Å²) < 4.78 is 45.6. The highest BCUT2D eigenvalue weighted by molar-refractivity contribution is 5.95. The van der Waals surface area contributed by atoms with Gasteiger partial charge in [-0.15, -0.1) is 0 Å². The fourth-order valence-corrected chi connectivity index (χ4v) is 2.28. The Hall–Kier alpha value is -2.61. The molecule has 2 rings (SSSR count). The Morgan fingerprint density at radius 3 is 2.73 bits per heavy atom. The van der Waals surface area contributed by atoms with Gasteiger partial charge < -0.3 is 15.8 Å². The molecule has 0 fully saturated rings. The summed E-state index contributed by atoms with van der Waals surface area (Å²) in [5.41, 5.74) is 6.12. The Bertz CT molecular complexity index is 736. The van der Waals surface area contributed by atoms with Crippen molar-refractivity contribution >= 4 is 5.91 Å². The maximum atomic E-state index is 13.4. The molecule has 26 heavy (non-hydrogen) atoms. The first-order chi connectivity index (χ1) is 12.3. The van der Waals surface area contributed by atoms with Crippen molar-refractivity contribution in [2.24, 2.45) is 5.73 Å². The van der Waals surface area contributed by atoms with E-state index in [1.54, 1.807) is 13.0 Å². The van der Waals surface area contributed by atoms with E-state index in [0.29, 0.717) is 25.3 Å². The molecule has 140 valence electrons. The van der Waals surface area contributed by atoms with E-state index in [4.69, 9.17) is 10.5 Å². The van der Waals surface area contributed by atoms with Gasteiger partial charge in [0.25, 0.3) is 5.91 Å². The maximum Gasteiger partial charge on any atom is 0.412 e. The summed E-state index contributed by atoms with van der Waals surface area (Å²) in [5.74, 6) is -0.407. The van der Waals surface area contributed by atoms with Crippen molar-refractivity contribution in [2.75, 3.05) is 13.2 Å². The number of ether oxygens (including phenoxy) is 1. The standard InChI is InChI=1S/C18H20F3N3O2/c1-12-5-6-13(10-15(12)26-9-3-7-22)17(25)24-16(18(19,20)21)14-4-2-8-23-11-14/h2,4-6,8,10-11,16H,3,7,9,22H2,1H3,(H,24,25)/t16-/m0/s1. The van der Waals surface area contributed by atoms with E-state index in [0.717, 1.165) is 11.8 Å². The number of rotatable bonds is 7. The van der Waals surface area contributed by atoms with Gasteiger partial charge in [-0.25, -0.2) is 0 Å². The summed E-state index contributed by atoms with van der Waals surface area (Å²) in [6, 6.07) is 5.01. The number of amides is 1. The van der Waals surface area contributed by atoms with Crippen molar-refractivity contribution in [3.63, 3.8) is 0 Å². The lowest BCUT2D eigenvalue weighted by Crippen LogP contribution is -2.38. The van der Waals surface area contributed by atoms with Gasteiger partial charge in [-0.2, -0.15) is 13.2 Å². The predicted octanol–water partition coefficient (Wildman–Crippen LogP) is 3.15. The number of benzene rings is 1. The lowest BCUT2D eigenvalue weighted by Gasteiger charge is -2.22. The van der Waals surface area contributed by atoms with E-state index in [1.165, 1.54) is 30.5 Å². The highest BCUT2D eigenvalue weighted by atomic mass is 19.4. The van der Waals surface area contributed by atoms with Crippen LogP contribution in [0.15, 0.2) is 42.7 Å². The Morgan fingerprint density at radius 1 is 1.35 bits per heavy atom. The van der Waals surface area contributed by atoms with Crippen LogP contribution in [0.5, 0.6) is 5.75 Å². The monoisotopic (exact) mass is 367 g/mol. The second-order valence-corrected chi connectivity index (χ2v) is 5.71. The average Bonchev–Trinajstić information content (AvgIpc) is 2.61. The molecule has 0 saturated heterocycles. The molecule has 5 nitrogen and oxygen atoms in total. The SMILES string of the molecule is Cc1ccc(C(=O)N[C@@H](c2cccnc2)C(F)(F)F)cc1OCCCN. The number of aryl methyl sites for hydroxylation is 1. The number of nitrogens with one attached hydrogen (secondary N) is 1. The summed E-state index contributed by atoms with van der Waals surface area (Å²) in [5, 5.41) is 2.02. The molecule has 0 radical (unpaired) electrons. The summed E-state index contributed by atoms with van der Waals surface area (Å²) in [6.45, 7) is 2.61. The van der Waals surface area contributed by atoms with Gasteiger partial charge in [-0.1, -0.05) is 12.1 Å². The van der Waals surface area contributed by atoms with Crippen molar-refractivity contribution in [3.05, 3.63) is 59.4 Å². The minimum atomic E-state index is -4.65. The van der Waals surface area contributed by atoms with Crippen LogP contribution < -0.4 is 15.8 Å². The summed E-state index contributed by atoms with van der Waals surface area (Å²) in [4.78, 5) is 16.0. The van der Waals surface area contributed by atoms with Crippen LogP contribution in [0.4, 0.5) is 13.2 Å². The van der Waals surface area contributed by atoms with Gasteiger partial charge in [0.1, 0.15) is 5.75 Å². The number of hydrogen-bond donors (Lipinski definition) is 2. The quantitative estimate of drug-likeness (QED) is 0.737. The second kappa shape index (κ2) is 8.66. The largest absolute Gasteiger partial charge is 0.493 e. The number of halogens is 3. The molecule has 8 heteroatoms. The molecule has 0 bridgehead atoms. The number of hydrogen-bond acceptors (Lipinski definition) is 4. The fourth-order valence-electron chi connectivity index (χ4n) is 2.28. The van der Waals surface area contributed by atoms with Gasteiger partial charge >= 0.3 is 6.18 Å². The molecule has 1 heterocycles. The van der Waals surface area contributed by atoms with Gasteiger partial charge in [0.15, 0.2) is 6.04 Å². The number of aromatic nitrogens is 1. The normalized spacial score (nSPS) is 12.5. The molecular formula is C18H20F3N3O2. The molecule has 0 aliphatic rings. The minimum absolute atomic E-state index is 0.0801. The number of carbonyl (C=O) groups is 1. The molecule has 0 aliphatic heterocycles. The topological polar surface area (TPSA) is 77.2 Å². The van der Waals surface area contributed by atoms with E-state index < -0.39 is 18.1 Å². The number of nitrogens with two attached hydrogens (primary N) is 1. The smallest absolute Gasteiger partial charge is 0.412 e. The third-order valence-electron chi connectivity index (χ3n) is 3.68. The highest BCUT2D eigenvalue weighted by Crippen LogP contribution is 2.32. The molecule has 1 aromatic carbocycles. The maximum absolute atomic E-state index is 13.4. The molecule has 0 saturated carbocycles. The first kappa shape index (κ1) is 19.7. The summed E-state index contributed by atoms with van der Waals surface area (Å²) in [7, 11) is 0. The van der Waals surface area contributed by atoms with E-state index in [1.807, 2.05) is 5.32 Å². The number of pyridine rings is 1. The van der Waals surface area contributed by atoms with Gasteiger partial charge in [-0.05, 0) is 43.7 Å². The zero-order valence-corrected chi connectivity index (χ0v) is 14.2. The molecule has 1 atom stereocenters. The predicted molar refractivity (Wildman–Crippen MR) is 90.8 cm³/mol. The van der Waals surface area contributed by atoms with Crippen molar-refractivity contribution in [1.82, 2.24) is 10.3 Å². The van der Waals surface area contributed by atoms with Crippen LogP contribution in [0.2, 0.25) is 0 Å². The molecule has 1 aromatic heterocycles. The first-order valence-corrected chi connectivity index (χ1v) is 8.04. The second-order valence-electron chi connectivity index (χ2n) is 5.71. The molecule has 2 aromatic rings. The molecular weight excluding hydrogens is 347 g/mol. The molecule has 3 N–H and O–H groups in total. The van der Waals surface area contributed by atoms with Crippen molar-refractivity contribution < 1.29 is 22.7 Å². The van der Waals surface area contributed by atoms with Gasteiger partial charge in [0.2, 0.25) is 0 Å². The van der Waals surface area contributed by atoms with Crippen LogP contribution in [0, 0.1) is 6.92 Å².